The molecule has 0 aliphatic rings. The van der Waals surface area contributed by atoms with E-state index in [1.54, 1.807) is 25.2 Å². The molecule has 0 fully saturated rings. The molecule has 14 heteroatoms. The number of rotatable bonds is 13. The fourth-order valence-corrected chi connectivity index (χ4v) is 6.17. The van der Waals surface area contributed by atoms with Gasteiger partial charge in [0.2, 0.25) is 0 Å². The number of ether oxygens (including phenoxy) is 2. The first-order valence-corrected chi connectivity index (χ1v) is 15.4. The number of likely N-dealkylation sites (N-methyl/N-ethyl adjacent to an activating group) is 2. The molecule has 4 aromatic rings. The molecule has 0 amide bonds. The highest BCUT2D eigenvalue weighted by Gasteiger charge is 2.31. The van der Waals surface area contributed by atoms with E-state index < -0.39 is 32.4 Å². The number of halogens is 4. The third kappa shape index (κ3) is 7.91. The summed E-state index contributed by atoms with van der Waals surface area (Å²) >= 11 is 6.53. The van der Waals surface area contributed by atoms with Crippen LogP contribution in [0.15, 0.2) is 71.8 Å². The average molecular weight is 664 g/mol. The molecule has 1 heterocycles. The van der Waals surface area contributed by atoms with Crippen molar-refractivity contribution in [1.29, 1.82) is 0 Å². The number of anilines is 4. The highest BCUT2D eigenvalue weighted by Crippen LogP contribution is 2.37. The molecule has 1 aromatic heterocycles. The Kier molecular flexibility index (Phi) is 10.7. The Bertz CT molecular complexity index is 1760. The number of methoxy groups -OCH3 is 2. The lowest BCUT2D eigenvalue weighted by Crippen LogP contribution is -2.32. The van der Waals surface area contributed by atoms with E-state index in [9.17, 15) is 17.2 Å². The first-order valence-electron chi connectivity index (χ1n) is 13.6. The Balaban J connectivity index is 1.74. The van der Waals surface area contributed by atoms with Crippen molar-refractivity contribution in [3.63, 3.8) is 0 Å². The molecule has 0 saturated carbocycles. The van der Waals surface area contributed by atoms with Crippen LogP contribution in [0.2, 0.25) is 5.02 Å². The zero-order valence-corrected chi connectivity index (χ0v) is 26.9. The summed E-state index contributed by atoms with van der Waals surface area (Å²) < 4.78 is 83.3. The Labute approximate surface area is 265 Å². The summed E-state index contributed by atoms with van der Waals surface area (Å²) in [4.78, 5) is 7.01. The van der Waals surface area contributed by atoms with Gasteiger partial charge in [-0.3, -0.25) is 0 Å². The molecule has 3 aromatic carbocycles. The molecule has 45 heavy (non-hydrogen) atoms. The molecule has 1 N–H and O–H groups in total. The second-order valence-corrected chi connectivity index (χ2v) is 12.5. The SMILES string of the molecule is COc1ccc(CN(c2ccc(F)cn2)S(=O)(=O)c2cc(Cl)c(Nc3ccc(F)cc3N(C)CCN(C)C)cc2F)c(OC)c1. The Morgan fingerprint density at radius 3 is 2.24 bits per heavy atom. The van der Waals surface area contributed by atoms with E-state index in [-0.39, 0.29) is 23.1 Å². The zero-order valence-electron chi connectivity index (χ0n) is 25.3. The molecule has 0 unspecified atom stereocenters. The van der Waals surface area contributed by atoms with E-state index in [0.29, 0.717) is 41.5 Å². The monoisotopic (exact) mass is 663 g/mol. The Hall–Kier alpha value is -4.20. The van der Waals surface area contributed by atoms with E-state index in [0.717, 1.165) is 28.7 Å². The quantitative estimate of drug-likeness (QED) is 0.178. The van der Waals surface area contributed by atoms with E-state index in [1.807, 2.05) is 23.9 Å². The van der Waals surface area contributed by atoms with Gasteiger partial charge in [-0.2, -0.15) is 0 Å². The maximum atomic E-state index is 15.8. The number of sulfonamides is 1. The Morgan fingerprint density at radius 1 is 0.867 bits per heavy atom. The Morgan fingerprint density at radius 2 is 1.60 bits per heavy atom. The van der Waals surface area contributed by atoms with Crippen molar-refractivity contribution in [3.05, 3.63) is 94.9 Å². The lowest BCUT2D eigenvalue weighted by molar-refractivity contribution is 0.391. The van der Waals surface area contributed by atoms with Crippen molar-refractivity contribution in [2.45, 2.75) is 11.4 Å². The molecular weight excluding hydrogens is 631 g/mol. The smallest absolute Gasteiger partial charge is 0.268 e. The third-order valence-electron chi connectivity index (χ3n) is 6.89. The van der Waals surface area contributed by atoms with Gasteiger partial charge in [-0.25, -0.2) is 30.9 Å². The van der Waals surface area contributed by atoms with Gasteiger partial charge < -0.3 is 24.6 Å². The molecule has 0 radical (unpaired) electrons. The molecule has 0 bridgehead atoms. The first-order chi connectivity index (χ1) is 21.3. The van der Waals surface area contributed by atoms with E-state index in [2.05, 4.69) is 10.3 Å². The first kappa shape index (κ1) is 33.7. The summed E-state index contributed by atoms with van der Waals surface area (Å²) in [6.07, 6.45) is 0.856. The molecule has 0 atom stereocenters. The van der Waals surface area contributed by atoms with Crippen LogP contribution in [-0.4, -0.2) is 66.8 Å². The predicted molar refractivity (Wildman–Crippen MR) is 170 cm³/mol. The minimum atomic E-state index is -4.68. The van der Waals surface area contributed by atoms with Crippen LogP contribution < -0.4 is 24.0 Å². The molecule has 240 valence electrons. The van der Waals surface area contributed by atoms with Gasteiger partial charge >= 0.3 is 0 Å². The molecule has 4 rings (SSSR count). The highest BCUT2D eigenvalue weighted by molar-refractivity contribution is 7.92. The number of benzene rings is 3. The van der Waals surface area contributed by atoms with Gasteiger partial charge in [-0.1, -0.05) is 11.6 Å². The van der Waals surface area contributed by atoms with E-state index in [4.69, 9.17) is 21.1 Å². The van der Waals surface area contributed by atoms with Crippen LogP contribution in [0.3, 0.4) is 0 Å². The number of pyridine rings is 1. The zero-order chi connectivity index (χ0) is 32.9. The average Bonchev–Trinajstić information content (AvgIpc) is 3.01. The lowest BCUT2D eigenvalue weighted by atomic mass is 10.2. The normalized spacial score (nSPS) is 11.4. The summed E-state index contributed by atoms with van der Waals surface area (Å²) in [5.74, 6) is -1.65. The van der Waals surface area contributed by atoms with Gasteiger partial charge in [-0.15, -0.1) is 0 Å². The highest BCUT2D eigenvalue weighted by atomic mass is 35.5. The number of hydrogen-bond acceptors (Lipinski definition) is 8. The predicted octanol–water partition coefficient (Wildman–Crippen LogP) is 6.31. The molecule has 9 nitrogen and oxygen atoms in total. The van der Waals surface area contributed by atoms with Gasteiger partial charge in [0.15, 0.2) is 0 Å². The molecule has 0 spiro atoms. The van der Waals surface area contributed by atoms with Crippen molar-refractivity contribution < 1.29 is 31.1 Å². The van der Waals surface area contributed by atoms with Crippen LogP contribution in [0.5, 0.6) is 11.5 Å². The summed E-state index contributed by atoms with van der Waals surface area (Å²) in [7, 11) is 3.82. The van der Waals surface area contributed by atoms with Crippen LogP contribution >= 0.6 is 11.6 Å². The number of aromatic nitrogens is 1. The van der Waals surface area contributed by atoms with Crippen LogP contribution in [0, 0.1) is 17.5 Å². The third-order valence-corrected chi connectivity index (χ3v) is 8.97. The van der Waals surface area contributed by atoms with Gasteiger partial charge in [0.25, 0.3) is 10.0 Å². The van der Waals surface area contributed by atoms with Gasteiger partial charge in [0.1, 0.15) is 39.7 Å². The van der Waals surface area contributed by atoms with Gasteiger partial charge in [0.05, 0.1) is 49.0 Å². The van der Waals surface area contributed by atoms with E-state index in [1.165, 1.54) is 38.5 Å². The summed E-state index contributed by atoms with van der Waals surface area (Å²) in [6.45, 7) is 0.913. The summed E-state index contributed by atoms with van der Waals surface area (Å²) in [5, 5.41) is 2.89. The van der Waals surface area contributed by atoms with E-state index >= 15 is 4.39 Å². The van der Waals surface area contributed by atoms with Crippen molar-refractivity contribution in [1.82, 2.24) is 9.88 Å². The fourth-order valence-electron chi connectivity index (χ4n) is 4.42. The van der Waals surface area contributed by atoms with Crippen molar-refractivity contribution in [3.8, 4) is 11.5 Å². The van der Waals surface area contributed by atoms with Crippen LogP contribution in [0.1, 0.15) is 5.56 Å². The minimum Gasteiger partial charge on any atom is -0.497 e. The number of hydrogen-bond donors (Lipinski definition) is 1. The largest absolute Gasteiger partial charge is 0.497 e. The fraction of sp³-hybridized carbons (Fsp3) is 0.258. The van der Waals surface area contributed by atoms with Crippen molar-refractivity contribution in [2.24, 2.45) is 0 Å². The summed E-state index contributed by atoms with van der Waals surface area (Å²) in [5.41, 5.74) is 1.38. The summed E-state index contributed by atoms with van der Waals surface area (Å²) in [6, 6.07) is 13.0. The number of nitrogens with zero attached hydrogens (tertiary/aromatic N) is 4. The van der Waals surface area contributed by atoms with Crippen LogP contribution in [0.4, 0.5) is 36.1 Å². The second kappa shape index (κ2) is 14.3. The topological polar surface area (TPSA) is 87.2 Å². The molecule has 0 aliphatic carbocycles. The number of nitrogens with one attached hydrogen (secondary N) is 1. The lowest BCUT2D eigenvalue weighted by Gasteiger charge is -2.26. The minimum absolute atomic E-state index is 0.0604. The van der Waals surface area contributed by atoms with Gasteiger partial charge in [0, 0.05) is 37.8 Å². The van der Waals surface area contributed by atoms with Crippen LogP contribution in [0.25, 0.3) is 0 Å². The van der Waals surface area contributed by atoms with Crippen molar-refractivity contribution in [2.75, 3.05) is 63.0 Å². The standard InChI is InChI=1S/C31H33ClF3N5O4S/c1-38(2)12-13-39(3)28-14-21(33)7-10-26(28)37-27-17-25(35)30(16-24(27)32)45(41,42)40(31-11-8-22(34)18-36-31)19-20-6-9-23(43-4)15-29(20)44-5/h6-11,14-18,37H,12-13,19H2,1-5H3. The van der Waals surface area contributed by atoms with Crippen LogP contribution in [-0.2, 0) is 16.6 Å². The van der Waals surface area contributed by atoms with Gasteiger partial charge in [-0.05, 0) is 62.6 Å². The van der Waals surface area contributed by atoms with Crippen molar-refractivity contribution >= 4 is 44.5 Å². The second-order valence-electron chi connectivity index (χ2n) is 10.3. The maximum absolute atomic E-state index is 15.8. The molecule has 0 saturated heterocycles. The molecule has 0 aliphatic heterocycles. The maximum Gasteiger partial charge on any atom is 0.268 e. The molecular formula is C31H33ClF3N5O4S.